The van der Waals surface area contributed by atoms with Crippen LogP contribution in [0, 0.1) is 11.2 Å². The maximum absolute atomic E-state index is 12.8. The second kappa shape index (κ2) is 6.12. The Balaban J connectivity index is 3.15. The molecule has 0 aliphatic rings. The van der Waals surface area contributed by atoms with Gasteiger partial charge in [0.15, 0.2) is 0 Å². The van der Waals surface area contributed by atoms with Gasteiger partial charge in [0.1, 0.15) is 17.8 Å². The Hall–Kier alpha value is -2.18. The topological polar surface area (TPSA) is 53.0 Å². The zero-order chi connectivity index (χ0) is 14.5. The molecule has 1 aromatic carbocycles. The summed E-state index contributed by atoms with van der Waals surface area (Å²) in [6.07, 6.45) is -4.47. The van der Waals surface area contributed by atoms with Gasteiger partial charge in [-0.25, -0.2) is 4.39 Å². The highest BCUT2D eigenvalue weighted by Gasteiger charge is 2.36. The van der Waals surface area contributed by atoms with E-state index in [1.165, 1.54) is 0 Å². The average Bonchev–Trinajstić information content (AvgIpc) is 2.34. The van der Waals surface area contributed by atoms with Crippen molar-refractivity contribution in [1.29, 1.82) is 5.41 Å². The summed E-state index contributed by atoms with van der Waals surface area (Å²) < 4.78 is 51.1. The van der Waals surface area contributed by atoms with Crippen LogP contribution < -0.4 is 5.32 Å². The van der Waals surface area contributed by atoms with Crippen LogP contribution in [0.1, 0.15) is 6.42 Å². The standard InChI is InChI=1S/C12H10F4N2O/c13-9-1-3-10(4-2-9)18-11(12(14,15)16)8(7-19)5-6-17/h1-4,6-7,17-18H,5H2/b11-8+,17-6?. The van der Waals surface area contributed by atoms with Gasteiger partial charge in [-0.05, 0) is 30.5 Å². The van der Waals surface area contributed by atoms with Crippen LogP contribution in [0.25, 0.3) is 0 Å². The lowest BCUT2D eigenvalue weighted by molar-refractivity contribution is -0.107. The number of aldehydes is 1. The predicted octanol–water partition coefficient (Wildman–Crippen LogP) is 3.29. The van der Waals surface area contributed by atoms with E-state index in [2.05, 4.69) is 0 Å². The molecule has 0 aliphatic carbocycles. The molecular formula is C12H10F4N2O. The molecular weight excluding hydrogens is 264 g/mol. The first-order valence-electron chi connectivity index (χ1n) is 5.15. The zero-order valence-electron chi connectivity index (χ0n) is 9.59. The lowest BCUT2D eigenvalue weighted by Gasteiger charge is -2.16. The molecule has 0 aliphatic heterocycles. The number of nitrogens with one attached hydrogen (secondary N) is 2. The molecule has 0 unspecified atom stereocenters. The number of halogens is 4. The summed E-state index contributed by atoms with van der Waals surface area (Å²) in [6, 6.07) is 4.23. The summed E-state index contributed by atoms with van der Waals surface area (Å²) in [5.74, 6) is -0.585. The number of carbonyl (C=O) groups excluding carboxylic acids is 1. The Kier molecular flexibility index (Phi) is 4.80. The Labute approximate surface area is 106 Å². The Bertz CT molecular complexity index is 491. The number of alkyl halides is 3. The van der Waals surface area contributed by atoms with Crippen molar-refractivity contribution in [1.82, 2.24) is 0 Å². The third-order valence-corrected chi connectivity index (χ3v) is 2.18. The van der Waals surface area contributed by atoms with Crippen LogP contribution >= 0.6 is 0 Å². The van der Waals surface area contributed by atoms with Crippen LogP contribution in [0.4, 0.5) is 23.2 Å². The molecule has 0 fully saturated rings. The van der Waals surface area contributed by atoms with Crippen molar-refractivity contribution in [2.75, 3.05) is 5.32 Å². The average molecular weight is 274 g/mol. The summed E-state index contributed by atoms with van der Waals surface area (Å²) in [4.78, 5) is 10.7. The van der Waals surface area contributed by atoms with Gasteiger partial charge in [-0.1, -0.05) is 0 Å². The molecule has 0 radical (unpaired) electrons. The molecule has 0 saturated carbocycles. The van der Waals surface area contributed by atoms with Gasteiger partial charge in [0.05, 0.1) is 0 Å². The molecule has 102 valence electrons. The molecule has 0 amide bonds. The minimum atomic E-state index is -4.77. The highest BCUT2D eigenvalue weighted by Crippen LogP contribution is 2.29. The summed E-state index contributed by atoms with van der Waals surface area (Å²) in [5, 5.41) is 8.81. The van der Waals surface area contributed by atoms with E-state index in [1.807, 2.05) is 5.32 Å². The van der Waals surface area contributed by atoms with E-state index in [4.69, 9.17) is 5.41 Å². The number of benzene rings is 1. The molecule has 1 rings (SSSR count). The number of hydrogen-bond acceptors (Lipinski definition) is 3. The first-order valence-corrected chi connectivity index (χ1v) is 5.15. The highest BCUT2D eigenvalue weighted by molar-refractivity contribution is 5.82. The lowest BCUT2D eigenvalue weighted by Crippen LogP contribution is -2.22. The Morgan fingerprint density at radius 2 is 1.84 bits per heavy atom. The van der Waals surface area contributed by atoms with Gasteiger partial charge in [0.2, 0.25) is 0 Å². The van der Waals surface area contributed by atoms with Gasteiger partial charge >= 0.3 is 6.18 Å². The first kappa shape index (κ1) is 14.9. The number of carbonyl (C=O) groups is 1. The smallest absolute Gasteiger partial charge is 0.351 e. The quantitative estimate of drug-likeness (QED) is 0.374. The Morgan fingerprint density at radius 3 is 2.26 bits per heavy atom. The number of allylic oxidation sites excluding steroid dienone is 2. The summed E-state index contributed by atoms with van der Waals surface area (Å²) >= 11 is 0. The first-order chi connectivity index (χ1) is 8.88. The highest BCUT2D eigenvalue weighted by atomic mass is 19.4. The minimum absolute atomic E-state index is 0.00180. The minimum Gasteiger partial charge on any atom is -0.351 e. The van der Waals surface area contributed by atoms with E-state index in [1.54, 1.807) is 0 Å². The van der Waals surface area contributed by atoms with Gasteiger partial charge in [-0.2, -0.15) is 13.2 Å². The van der Waals surface area contributed by atoms with E-state index < -0.39 is 29.7 Å². The van der Waals surface area contributed by atoms with Crippen molar-refractivity contribution >= 4 is 18.2 Å². The second-order valence-corrected chi connectivity index (χ2v) is 3.56. The van der Waals surface area contributed by atoms with Crippen molar-refractivity contribution in [2.24, 2.45) is 0 Å². The third-order valence-electron chi connectivity index (χ3n) is 2.18. The molecule has 0 bridgehead atoms. The van der Waals surface area contributed by atoms with Gasteiger partial charge < -0.3 is 10.7 Å². The fourth-order valence-corrected chi connectivity index (χ4v) is 1.33. The van der Waals surface area contributed by atoms with Gasteiger partial charge in [0.25, 0.3) is 0 Å². The molecule has 3 nitrogen and oxygen atoms in total. The summed E-state index contributed by atoms with van der Waals surface area (Å²) in [6.45, 7) is 0. The van der Waals surface area contributed by atoms with E-state index >= 15 is 0 Å². The molecule has 2 N–H and O–H groups in total. The summed E-state index contributed by atoms with van der Waals surface area (Å²) in [7, 11) is 0. The van der Waals surface area contributed by atoms with Crippen LogP contribution in [0.15, 0.2) is 35.5 Å². The largest absolute Gasteiger partial charge is 0.431 e. The lowest BCUT2D eigenvalue weighted by atomic mass is 10.1. The van der Waals surface area contributed by atoms with Crippen LogP contribution in [-0.4, -0.2) is 18.7 Å². The van der Waals surface area contributed by atoms with Crippen molar-refractivity contribution in [2.45, 2.75) is 12.6 Å². The fourth-order valence-electron chi connectivity index (χ4n) is 1.33. The number of rotatable bonds is 5. The predicted molar refractivity (Wildman–Crippen MR) is 62.6 cm³/mol. The van der Waals surface area contributed by atoms with Crippen molar-refractivity contribution < 1.29 is 22.4 Å². The molecule has 0 aromatic heterocycles. The van der Waals surface area contributed by atoms with Crippen LogP contribution in [0.3, 0.4) is 0 Å². The van der Waals surface area contributed by atoms with Crippen molar-refractivity contribution in [3.05, 3.63) is 41.4 Å². The molecule has 0 heterocycles. The molecule has 0 spiro atoms. The van der Waals surface area contributed by atoms with Crippen LogP contribution in [-0.2, 0) is 4.79 Å². The SMILES string of the molecule is N=CC/C(C=O)=C(\Nc1ccc(F)cc1)C(F)(F)F. The van der Waals surface area contributed by atoms with Gasteiger partial charge in [0, 0.05) is 17.7 Å². The van der Waals surface area contributed by atoms with E-state index in [-0.39, 0.29) is 12.0 Å². The molecule has 0 atom stereocenters. The molecule has 1 aromatic rings. The maximum Gasteiger partial charge on any atom is 0.431 e. The van der Waals surface area contributed by atoms with E-state index in [0.29, 0.717) is 6.21 Å². The monoisotopic (exact) mass is 274 g/mol. The maximum atomic E-state index is 12.8. The summed E-state index contributed by atoms with van der Waals surface area (Å²) in [5.41, 5.74) is -1.84. The molecule has 7 heteroatoms. The van der Waals surface area contributed by atoms with Crippen LogP contribution in [0.5, 0.6) is 0 Å². The van der Waals surface area contributed by atoms with E-state index in [9.17, 15) is 22.4 Å². The van der Waals surface area contributed by atoms with Gasteiger partial charge in [-0.15, -0.1) is 0 Å². The Morgan fingerprint density at radius 1 is 1.26 bits per heavy atom. The van der Waals surface area contributed by atoms with Crippen LogP contribution in [0.2, 0.25) is 0 Å². The van der Waals surface area contributed by atoms with Crippen molar-refractivity contribution in [3.8, 4) is 0 Å². The van der Waals surface area contributed by atoms with E-state index in [0.717, 1.165) is 24.3 Å². The molecule has 19 heavy (non-hydrogen) atoms. The third kappa shape index (κ3) is 4.20. The second-order valence-electron chi connectivity index (χ2n) is 3.56. The van der Waals surface area contributed by atoms with Gasteiger partial charge in [-0.3, -0.25) is 4.79 Å². The zero-order valence-corrected chi connectivity index (χ0v) is 9.59. The fraction of sp³-hybridized carbons (Fsp3) is 0.167. The number of hydrogen-bond donors (Lipinski definition) is 2. The normalized spacial score (nSPS) is 12.6. The molecule has 0 saturated heterocycles. The number of anilines is 1. The van der Waals surface area contributed by atoms with Crippen molar-refractivity contribution in [3.63, 3.8) is 0 Å².